The molecular weight excluding hydrogens is 246 g/mol. The number of carbonyl (C=O) groups excluding carboxylic acids is 1. The lowest BCUT2D eigenvalue weighted by Crippen LogP contribution is -2.51. The van der Waals surface area contributed by atoms with Gasteiger partial charge in [-0.1, -0.05) is 36.8 Å². The summed E-state index contributed by atoms with van der Waals surface area (Å²) in [6, 6.07) is 10.4. The van der Waals surface area contributed by atoms with Crippen LogP contribution >= 0.6 is 12.4 Å². The molecular formula is C15H22ClNO. The van der Waals surface area contributed by atoms with Crippen molar-refractivity contribution in [3.63, 3.8) is 0 Å². The Kier molecular flexibility index (Phi) is 5.83. The molecule has 0 radical (unpaired) electrons. The molecule has 1 aliphatic rings. The summed E-state index contributed by atoms with van der Waals surface area (Å²) in [5.41, 5.74) is 1.05. The molecule has 2 rings (SSSR count). The predicted octanol–water partition coefficient (Wildman–Crippen LogP) is 3.14. The second kappa shape index (κ2) is 6.91. The molecule has 1 atom stereocenters. The summed E-state index contributed by atoms with van der Waals surface area (Å²) in [5.74, 6) is 0.386. The second-order valence-corrected chi connectivity index (χ2v) is 5.12. The van der Waals surface area contributed by atoms with Crippen LogP contribution in [0.15, 0.2) is 30.3 Å². The first kappa shape index (κ1) is 15.2. The zero-order valence-corrected chi connectivity index (χ0v) is 11.8. The monoisotopic (exact) mass is 267 g/mol. The maximum atomic E-state index is 11.9. The summed E-state index contributed by atoms with van der Waals surface area (Å²) in [7, 11) is 0. The van der Waals surface area contributed by atoms with Gasteiger partial charge in [0.15, 0.2) is 5.78 Å². The lowest BCUT2D eigenvalue weighted by Gasteiger charge is -2.33. The van der Waals surface area contributed by atoms with E-state index in [1.807, 2.05) is 6.07 Å². The molecule has 1 N–H and O–H groups in total. The molecule has 1 fully saturated rings. The highest BCUT2D eigenvalue weighted by Crippen LogP contribution is 2.24. The molecule has 0 saturated heterocycles. The summed E-state index contributed by atoms with van der Waals surface area (Å²) in [5, 5.41) is 3.45. The average Bonchev–Trinajstić information content (AvgIpc) is 2.35. The summed E-state index contributed by atoms with van der Waals surface area (Å²) < 4.78 is 0. The van der Waals surface area contributed by atoms with Gasteiger partial charge in [-0.2, -0.15) is 0 Å². The fraction of sp³-hybridized carbons (Fsp3) is 0.533. The standard InChI is InChI=1S/C15H21NO.ClH/c1-15(11-6-5-9-14(15)17)16-12-10-13-7-3-2-4-8-13;/h2-4,7-8,16H,5-6,9-12H2,1H3;1H. The highest BCUT2D eigenvalue weighted by Gasteiger charge is 2.33. The first-order chi connectivity index (χ1) is 8.21. The molecule has 0 heterocycles. The lowest BCUT2D eigenvalue weighted by atomic mass is 9.82. The second-order valence-electron chi connectivity index (χ2n) is 5.12. The van der Waals surface area contributed by atoms with Crippen LogP contribution in [0.1, 0.15) is 38.2 Å². The van der Waals surface area contributed by atoms with Gasteiger partial charge in [-0.05, 0) is 31.7 Å². The van der Waals surface area contributed by atoms with Crippen molar-refractivity contribution in [1.82, 2.24) is 5.32 Å². The fourth-order valence-corrected chi connectivity index (χ4v) is 2.49. The number of rotatable bonds is 4. The number of ketones is 1. The van der Waals surface area contributed by atoms with Crippen LogP contribution in [0, 0.1) is 0 Å². The third-order valence-corrected chi connectivity index (χ3v) is 3.72. The van der Waals surface area contributed by atoms with Gasteiger partial charge >= 0.3 is 0 Å². The Morgan fingerprint density at radius 3 is 2.61 bits per heavy atom. The molecule has 100 valence electrons. The van der Waals surface area contributed by atoms with E-state index in [0.717, 1.165) is 32.2 Å². The van der Waals surface area contributed by atoms with Crippen LogP contribution in [-0.4, -0.2) is 17.9 Å². The van der Waals surface area contributed by atoms with Gasteiger partial charge in [0.25, 0.3) is 0 Å². The van der Waals surface area contributed by atoms with Crippen molar-refractivity contribution in [3.05, 3.63) is 35.9 Å². The third kappa shape index (κ3) is 3.82. The first-order valence-corrected chi connectivity index (χ1v) is 6.53. The Hall–Kier alpha value is -0.860. The van der Waals surface area contributed by atoms with Crippen LogP contribution in [0.3, 0.4) is 0 Å². The molecule has 1 aromatic carbocycles. The molecule has 1 unspecified atom stereocenters. The Labute approximate surface area is 116 Å². The summed E-state index contributed by atoms with van der Waals surface area (Å²) in [4.78, 5) is 11.9. The predicted molar refractivity (Wildman–Crippen MR) is 77.3 cm³/mol. The van der Waals surface area contributed by atoms with E-state index in [9.17, 15) is 4.79 Å². The van der Waals surface area contributed by atoms with Crippen LogP contribution in [0.2, 0.25) is 0 Å². The van der Waals surface area contributed by atoms with E-state index in [-0.39, 0.29) is 17.9 Å². The van der Waals surface area contributed by atoms with E-state index in [2.05, 4.69) is 36.5 Å². The molecule has 0 aliphatic heterocycles. The molecule has 0 spiro atoms. The van der Waals surface area contributed by atoms with E-state index in [1.54, 1.807) is 0 Å². The van der Waals surface area contributed by atoms with Gasteiger partial charge in [-0.15, -0.1) is 12.4 Å². The Morgan fingerprint density at radius 1 is 1.22 bits per heavy atom. The number of benzene rings is 1. The topological polar surface area (TPSA) is 29.1 Å². The van der Waals surface area contributed by atoms with Crippen molar-refractivity contribution in [3.8, 4) is 0 Å². The number of Topliss-reactive ketones (excluding diaryl/α,β-unsaturated/α-hetero) is 1. The number of nitrogens with one attached hydrogen (secondary N) is 1. The quantitative estimate of drug-likeness (QED) is 0.908. The number of hydrogen-bond donors (Lipinski definition) is 1. The molecule has 2 nitrogen and oxygen atoms in total. The normalized spacial score (nSPS) is 23.5. The van der Waals surface area contributed by atoms with Gasteiger partial charge in [-0.25, -0.2) is 0 Å². The van der Waals surface area contributed by atoms with Crippen LogP contribution < -0.4 is 5.32 Å². The van der Waals surface area contributed by atoms with Gasteiger partial charge in [0.2, 0.25) is 0 Å². The van der Waals surface area contributed by atoms with Gasteiger partial charge in [-0.3, -0.25) is 4.79 Å². The molecule has 1 aromatic rings. The van der Waals surface area contributed by atoms with E-state index >= 15 is 0 Å². The third-order valence-electron chi connectivity index (χ3n) is 3.72. The molecule has 1 aliphatic carbocycles. The van der Waals surface area contributed by atoms with Crippen molar-refractivity contribution < 1.29 is 4.79 Å². The van der Waals surface area contributed by atoms with Gasteiger partial charge in [0, 0.05) is 13.0 Å². The Balaban J connectivity index is 0.00000162. The largest absolute Gasteiger partial charge is 0.305 e. The maximum Gasteiger partial charge on any atom is 0.152 e. The van der Waals surface area contributed by atoms with Crippen LogP contribution in [0.25, 0.3) is 0 Å². The summed E-state index contributed by atoms with van der Waals surface area (Å²) >= 11 is 0. The molecule has 0 aromatic heterocycles. The molecule has 0 bridgehead atoms. The highest BCUT2D eigenvalue weighted by atomic mass is 35.5. The fourth-order valence-electron chi connectivity index (χ4n) is 2.49. The lowest BCUT2D eigenvalue weighted by molar-refractivity contribution is -0.126. The number of carbonyl (C=O) groups is 1. The minimum Gasteiger partial charge on any atom is -0.305 e. The SMILES string of the molecule is CC1(NCCc2ccccc2)CCCCC1=O.Cl. The van der Waals surface area contributed by atoms with Crippen molar-refractivity contribution in [1.29, 1.82) is 0 Å². The van der Waals surface area contributed by atoms with Crippen molar-refractivity contribution >= 4 is 18.2 Å². The van der Waals surface area contributed by atoms with Crippen LogP contribution in [0.4, 0.5) is 0 Å². The highest BCUT2D eigenvalue weighted by molar-refractivity contribution is 5.88. The van der Waals surface area contributed by atoms with E-state index in [0.29, 0.717) is 5.78 Å². The van der Waals surface area contributed by atoms with Crippen LogP contribution in [-0.2, 0) is 11.2 Å². The number of hydrogen-bond acceptors (Lipinski definition) is 2. The van der Waals surface area contributed by atoms with E-state index in [1.165, 1.54) is 12.0 Å². The molecule has 0 amide bonds. The molecule has 18 heavy (non-hydrogen) atoms. The summed E-state index contributed by atoms with van der Waals surface area (Å²) in [6.45, 7) is 2.94. The average molecular weight is 268 g/mol. The zero-order valence-electron chi connectivity index (χ0n) is 10.9. The van der Waals surface area contributed by atoms with E-state index < -0.39 is 0 Å². The number of halogens is 1. The van der Waals surface area contributed by atoms with Crippen molar-refractivity contribution in [2.45, 2.75) is 44.6 Å². The minimum absolute atomic E-state index is 0. The van der Waals surface area contributed by atoms with Gasteiger partial charge in [0.05, 0.1) is 5.54 Å². The van der Waals surface area contributed by atoms with Gasteiger partial charge in [0.1, 0.15) is 0 Å². The Morgan fingerprint density at radius 2 is 1.94 bits per heavy atom. The van der Waals surface area contributed by atoms with Crippen molar-refractivity contribution in [2.24, 2.45) is 0 Å². The first-order valence-electron chi connectivity index (χ1n) is 6.53. The summed E-state index contributed by atoms with van der Waals surface area (Å²) in [6.07, 6.45) is 4.95. The van der Waals surface area contributed by atoms with Crippen LogP contribution in [0.5, 0.6) is 0 Å². The molecule has 1 saturated carbocycles. The minimum atomic E-state index is -0.271. The smallest absolute Gasteiger partial charge is 0.152 e. The maximum absolute atomic E-state index is 11.9. The Bertz CT molecular complexity index is 379. The molecule has 3 heteroatoms. The van der Waals surface area contributed by atoms with Crippen molar-refractivity contribution in [2.75, 3.05) is 6.54 Å². The van der Waals surface area contributed by atoms with E-state index in [4.69, 9.17) is 0 Å². The van der Waals surface area contributed by atoms with Gasteiger partial charge < -0.3 is 5.32 Å². The zero-order chi connectivity index (χ0) is 12.1.